The highest BCUT2D eigenvalue weighted by molar-refractivity contribution is 7.99. The van der Waals surface area contributed by atoms with Crippen LogP contribution >= 0.6 is 11.8 Å². The van der Waals surface area contributed by atoms with E-state index in [0.717, 1.165) is 63.4 Å². The molecule has 1 fully saturated rings. The first-order valence-electron chi connectivity index (χ1n) is 11.0. The van der Waals surface area contributed by atoms with Crippen LogP contribution in [0.15, 0.2) is 23.1 Å². The predicted octanol–water partition coefficient (Wildman–Crippen LogP) is 4.69. The zero-order valence-electron chi connectivity index (χ0n) is 17.8. The van der Waals surface area contributed by atoms with Gasteiger partial charge in [0, 0.05) is 36.5 Å². The van der Waals surface area contributed by atoms with Crippen LogP contribution in [-0.2, 0) is 11.2 Å². The molecule has 1 atom stereocenters. The summed E-state index contributed by atoms with van der Waals surface area (Å²) in [4.78, 5) is 18.2. The van der Waals surface area contributed by atoms with Gasteiger partial charge in [0.25, 0.3) is 0 Å². The molecular formula is C23H37N2O2S. The first kappa shape index (κ1) is 21.5. The molecule has 157 valence electrons. The summed E-state index contributed by atoms with van der Waals surface area (Å²) in [7, 11) is 0. The van der Waals surface area contributed by atoms with Crippen LogP contribution in [0.1, 0.15) is 64.9 Å². The van der Waals surface area contributed by atoms with Crippen molar-refractivity contribution in [2.24, 2.45) is 0 Å². The summed E-state index contributed by atoms with van der Waals surface area (Å²) in [6.07, 6.45) is 7.54. The molecule has 2 aliphatic rings. The molecule has 5 heteroatoms. The lowest BCUT2D eigenvalue weighted by atomic mass is 10.0. The van der Waals surface area contributed by atoms with Crippen LogP contribution in [0, 0.1) is 0 Å². The summed E-state index contributed by atoms with van der Waals surface area (Å²) < 4.78 is 5.62. The fourth-order valence-corrected chi connectivity index (χ4v) is 5.32. The van der Waals surface area contributed by atoms with Gasteiger partial charge in [-0.05, 0) is 77.1 Å². The quantitative estimate of drug-likeness (QED) is 0.478. The lowest BCUT2D eigenvalue weighted by Crippen LogP contribution is -2.41. The molecule has 3 rings (SSSR count). The van der Waals surface area contributed by atoms with Crippen molar-refractivity contribution in [1.82, 2.24) is 9.80 Å². The molecule has 0 aromatic heterocycles. The largest absolute Gasteiger partial charge is 0.483 e. The third-order valence-electron chi connectivity index (χ3n) is 6.00. The summed E-state index contributed by atoms with van der Waals surface area (Å²) >= 11 is 1.29. The molecule has 28 heavy (non-hydrogen) atoms. The zero-order chi connectivity index (χ0) is 19.9. The van der Waals surface area contributed by atoms with E-state index in [1.165, 1.54) is 35.1 Å². The standard InChI is InChI=1S/C23H37N2O2S/c1-18(2)25(14-8-7-13-24-12-6-4-5-9-23(24)26)19(3)15-20-10-11-21-22(16-20)28-17-27-21/h10-11,16,18-19,28H,4-9,12-15,17H2,1-3H3. The maximum Gasteiger partial charge on any atom is 0.222 e. The molecule has 2 heterocycles. The van der Waals surface area contributed by atoms with Crippen LogP contribution in [0.25, 0.3) is 0 Å². The highest BCUT2D eigenvalue weighted by atomic mass is 32.2. The number of unbranched alkanes of at least 4 members (excludes halogenated alkanes) is 1. The van der Waals surface area contributed by atoms with Crippen molar-refractivity contribution in [3.05, 3.63) is 23.8 Å². The smallest absolute Gasteiger partial charge is 0.222 e. The molecule has 0 bridgehead atoms. The molecule has 1 amide bonds. The van der Waals surface area contributed by atoms with E-state index in [1.807, 2.05) is 0 Å². The minimum absolute atomic E-state index is 0.367. The van der Waals surface area contributed by atoms with Crippen molar-refractivity contribution >= 4 is 17.7 Å². The number of thiol groups is 1. The van der Waals surface area contributed by atoms with E-state index in [-0.39, 0.29) is 0 Å². The highest BCUT2D eigenvalue weighted by Crippen LogP contribution is 2.36. The fraction of sp³-hybridized carbons (Fsp3) is 0.696. The van der Waals surface area contributed by atoms with E-state index >= 15 is 0 Å². The van der Waals surface area contributed by atoms with Gasteiger partial charge in [-0.2, -0.15) is 11.8 Å². The van der Waals surface area contributed by atoms with Crippen molar-refractivity contribution < 1.29 is 9.53 Å². The first-order valence-corrected chi connectivity index (χ1v) is 12.1. The Balaban J connectivity index is 1.46. The van der Waals surface area contributed by atoms with Crippen LogP contribution in [0.3, 0.4) is 0 Å². The second-order valence-corrected chi connectivity index (χ2v) is 9.57. The van der Waals surface area contributed by atoms with Crippen molar-refractivity contribution in [2.45, 2.75) is 82.7 Å². The number of hydrogen-bond acceptors (Lipinski definition) is 3. The molecule has 1 radical (unpaired) electrons. The maximum atomic E-state index is 12.1. The van der Waals surface area contributed by atoms with Gasteiger partial charge in [-0.15, -0.1) is 0 Å². The van der Waals surface area contributed by atoms with Crippen LogP contribution < -0.4 is 4.74 Å². The van der Waals surface area contributed by atoms with Gasteiger partial charge in [0.05, 0.1) is 0 Å². The second kappa shape index (κ2) is 10.5. The lowest BCUT2D eigenvalue weighted by Gasteiger charge is -2.33. The summed E-state index contributed by atoms with van der Waals surface area (Å²) in [5.41, 5.74) is 1.41. The number of carbonyl (C=O) groups is 1. The Morgan fingerprint density at radius 1 is 1.18 bits per heavy atom. The Morgan fingerprint density at radius 3 is 2.86 bits per heavy atom. The van der Waals surface area contributed by atoms with E-state index in [9.17, 15) is 4.79 Å². The minimum atomic E-state index is 0.367. The highest BCUT2D eigenvalue weighted by Gasteiger charge is 2.20. The van der Waals surface area contributed by atoms with E-state index in [2.05, 4.69) is 48.8 Å². The average molecular weight is 406 g/mol. The molecule has 0 aliphatic carbocycles. The van der Waals surface area contributed by atoms with E-state index in [0.29, 0.717) is 18.0 Å². The van der Waals surface area contributed by atoms with Crippen LogP contribution in [0.2, 0.25) is 0 Å². The van der Waals surface area contributed by atoms with Gasteiger partial charge in [-0.3, -0.25) is 9.69 Å². The molecule has 1 unspecified atom stereocenters. The summed E-state index contributed by atoms with van der Waals surface area (Å²) in [6.45, 7) is 9.94. The number of fused-ring (bicyclic) bond motifs is 1. The van der Waals surface area contributed by atoms with Crippen LogP contribution in [0.4, 0.5) is 0 Å². The monoisotopic (exact) mass is 405 g/mol. The van der Waals surface area contributed by atoms with Gasteiger partial charge in [-0.25, -0.2) is 0 Å². The van der Waals surface area contributed by atoms with E-state index in [1.54, 1.807) is 0 Å². The molecule has 1 saturated heterocycles. The number of carbonyl (C=O) groups excluding carboxylic acids is 1. The van der Waals surface area contributed by atoms with E-state index < -0.39 is 0 Å². The molecule has 1 aromatic rings. The minimum Gasteiger partial charge on any atom is -0.483 e. The summed E-state index contributed by atoms with van der Waals surface area (Å²) in [6, 6.07) is 7.72. The molecule has 1 aromatic carbocycles. The SMILES string of the molecule is CC(C)N(CCCCN1CCCCCC1=O)C(C)Cc1ccc2c(c1)[SH]CO2. The Bertz CT molecular complexity index is 649. The van der Waals surface area contributed by atoms with Gasteiger partial charge in [-0.1, -0.05) is 12.5 Å². The number of amides is 1. The molecule has 0 saturated carbocycles. The topological polar surface area (TPSA) is 32.8 Å². The fourth-order valence-electron chi connectivity index (χ4n) is 4.42. The molecule has 4 nitrogen and oxygen atoms in total. The third kappa shape index (κ3) is 5.90. The molecule has 0 N–H and O–H groups in total. The van der Waals surface area contributed by atoms with Crippen LogP contribution in [-0.4, -0.2) is 53.4 Å². The summed E-state index contributed by atoms with van der Waals surface area (Å²) in [5, 5.41) is 0. The maximum absolute atomic E-state index is 12.1. The van der Waals surface area contributed by atoms with Gasteiger partial charge in [0.15, 0.2) is 0 Å². The number of likely N-dealkylation sites (tertiary alicyclic amines) is 1. The molecule has 0 spiro atoms. The number of benzene rings is 1. The van der Waals surface area contributed by atoms with Gasteiger partial charge >= 0.3 is 0 Å². The lowest BCUT2D eigenvalue weighted by molar-refractivity contribution is -0.130. The van der Waals surface area contributed by atoms with Crippen molar-refractivity contribution in [2.75, 3.05) is 25.6 Å². The zero-order valence-corrected chi connectivity index (χ0v) is 18.7. The van der Waals surface area contributed by atoms with Crippen molar-refractivity contribution in [3.8, 4) is 5.75 Å². The van der Waals surface area contributed by atoms with Crippen molar-refractivity contribution in [1.29, 1.82) is 0 Å². The first-order chi connectivity index (χ1) is 13.5. The third-order valence-corrected chi connectivity index (χ3v) is 6.95. The number of rotatable bonds is 9. The molecular weight excluding hydrogens is 368 g/mol. The average Bonchev–Trinajstić information content (AvgIpc) is 3.03. The van der Waals surface area contributed by atoms with Gasteiger partial charge in [0.2, 0.25) is 5.91 Å². The predicted molar refractivity (Wildman–Crippen MR) is 118 cm³/mol. The van der Waals surface area contributed by atoms with Gasteiger partial charge in [0.1, 0.15) is 11.7 Å². The Labute approximate surface area is 175 Å². The Kier molecular flexibility index (Phi) is 8.10. The second-order valence-electron chi connectivity index (χ2n) is 8.52. The Hall–Kier alpha value is -1.20. The normalized spacial score (nSPS) is 18.3. The van der Waals surface area contributed by atoms with E-state index in [4.69, 9.17) is 4.74 Å². The number of ether oxygens (including phenoxy) is 1. The number of nitrogens with zero attached hydrogens (tertiary/aromatic N) is 2. The molecule has 2 aliphatic heterocycles. The van der Waals surface area contributed by atoms with Crippen molar-refractivity contribution in [3.63, 3.8) is 0 Å². The Morgan fingerprint density at radius 2 is 2.04 bits per heavy atom. The number of hydrogen-bond donors (Lipinski definition) is 1. The van der Waals surface area contributed by atoms with Gasteiger partial charge < -0.3 is 9.64 Å². The van der Waals surface area contributed by atoms with Crippen LogP contribution in [0.5, 0.6) is 5.75 Å². The summed E-state index contributed by atoms with van der Waals surface area (Å²) in [5.74, 6) is 2.22.